The molecule has 1 aromatic heterocycles. The monoisotopic (exact) mass is 457 g/mol. The Balaban J connectivity index is 1.62. The highest BCUT2D eigenvalue weighted by atomic mass is 32.2. The van der Waals surface area contributed by atoms with Gasteiger partial charge in [0.05, 0.1) is 29.7 Å². The Bertz CT molecular complexity index is 1290. The first-order valence-electron chi connectivity index (χ1n) is 9.69. The Labute approximate surface area is 185 Å². The van der Waals surface area contributed by atoms with Crippen LogP contribution in [0.5, 0.6) is 11.5 Å². The van der Waals surface area contributed by atoms with E-state index in [9.17, 15) is 13.2 Å². The number of methoxy groups -OCH3 is 2. The molecule has 0 saturated carbocycles. The van der Waals surface area contributed by atoms with Crippen molar-refractivity contribution in [2.24, 2.45) is 0 Å². The van der Waals surface area contributed by atoms with Gasteiger partial charge in [-0.25, -0.2) is 8.42 Å². The van der Waals surface area contributed by atoms with Gasteiger partial charge in [0.25, 0.3) is 5.91 Å². The lowest BCUT2D eigenvalue weighted by molar-refractivity contribution is 0.0954. The van der Waals surface area contributed by atoms with Crippen molar-refractivity contribution in [1.82, 2.24) is 5.32 Å². The van der Waals surface area contributed by atoms with Crippen LogP contribution < -0.4 is 14.8 Å². The summed E-state index contributed by atoms with van der Waals surface area (Å²) in [5.74, 6) is 0.952. The second-order valence-electron chi connectivity index (χ2n) is 7.52. The van der Waals surface area contributed by atoms with Crippen molar-refractivity contribution >= 4 is 27.1 Å². The van der Waals surface area contributed by atoms with Gasteiger partial charge in [-0.15, -0.1) is 11.3 Å². The Kier molecular flexibility index (Phi) is 5.53. The maximum Gasteiger partial charge on any atom is 0.261 e. The first kappa shape index (κ1) is 21.4. The van der Waals surface area contributed by atoms with Gasteiger partial charge in [-0.1, -0.05) is 0 Å². The maximum atomic E-state index is 12.8. The van der Waals surface area contributed by atoms with Gasteiger partial charge in [-0.3, -0.25) is 4.79 Å². The van der Waals surface area contributed by atoms with Crippen LogP contribution in [0.25, 0.3) is 10.4 Å². The van der Waals surface area contributed by atoms with Gasteiger partial charge < -0.3 is 14.8 Å². The van der Waals surface area contributed by atoms with E-state index in [2.05, 4.69) is 5.32 Å². The molecule has 0 aliphatic carbocycles. The molecule has 3 aromatic rings. The van der Waals surface area contributed by atoms with Gasteiger partial charge in [-0.05, 0) is 60.9 Å². The summed E-state index contributed by atoms with van der Waals surface area (Å²) in [7, 11) is -0.288. The summed E-state index contributed by atoms with van der Waals surface area (Å²) in [5, 5.41) is 2.90. The molecule has 2 heterocycles. The van der Waals surface area contributed by atoms with Crippen LogP contribution in [0.2, 0.25) is 0 Å². The van der Waals surface area contributed by atoms with Crippen molar-refractivity contribution in [3.05, 3.63) is 63.5 Å². The van der Waals surface area contributed by atoms with Crippen LogP contribution in [0.3, 0.4) is 0 Å². The molecule has 1 N–H and O–H groups in total. The lowest BCUT2D eigenvalue weighted by atomic mass is 10.0. The molecule has 0 radical (unpaired) electrons. The van der Waals surface area contributed by atoms with Crippen LogP contribution in [0.15, 0.2) is 41.3 Å². The van der Waals surface area contributed by atoms with Crippen molar-refractivity contribution < 1.29 is 22.7 Å². The van der Waals surface area contributed by atoms with Gasteiger partial charge in [0, 0.05) is 28.6 Å². The zero-order chi connectivity index (χ0) is 22.3. The molecule has 162 valence electrons. The van der Waals surface area contributed by atoms with Crippen LogP contribution in [0.4, 0.5) is 0 Å². The third-order valence-electron chi connectivity index (χ3n) is 5.49. The zero-order valence-corrected chi connectivity index (χ0v) is 19.4. The van der Waals surface area contributed by atoms with Gasteiger partial charge in [0.1, 0.15) is 11.5 Å². The summed E-state index contributed by atoms with van der Waals surface area (Å²) >= 11 is 1.32. The first-order chi connectivity index (χ1) is 14.7. The number of carbonyl (C=O) groups is 1. The predicted molar refractivity (Wildman–Crippen MR) is 121 cm³/mol. The molecule has 1 aliphatic heterocycles. The number of carbonyl (C=O) groups excluding carboxylic acids is 1. The molecule has 2 aromatic carbocycles. The van der Waals surface area contributed by atoms with E-state index in [0.29, 0.717) is 32.4 Å². The summed E-state index contributed by atoms with van der Waals surface area (Å²) in [4.78, 5) is 14.5. The fraction of sp³-hybridized carbons (Fsp3) is 0.261. The molecule has 1 amide bonds. The fourth-order valence-electron chi connectivity index (χ4n) is 3.64. The quantitative estimate of drug-likeness (QED) is 0.619. The normalized spacial score (nSPS) is 13.8. The molecule has 31 heavy (non-hydrogen) atoms. The molecule has 8 heteroatoms. The van der Waals surface area contributed by atoms with Crippen LogP contribution in [0.1, 0.15) is 31.9 Å². The molecule has 0 unspecified atom stereocenters. The minimum Gasteiger partial charge on any atom is -0.497 e. The van der Waals surface area contributed by atoms with E-state index >= 15 is 0 Å². The number of sulfone groups is 1. The molecule has 1 aliphatic rings. The minimum absolute atomic E-state index is 0.0894. The molecule has 0 atom stereocenters. The van der Waals surface area contributed by atoms with Crippen LogP contribution in [0, 0.1) is 13.8 Å². The lowest BCUT2D eigenvalue weighted by Crippen LogP contribution is -2.22. The summed E-state index contributed by atoms with van der Waals surface area (Å²) < 4.78 is 36.2. The molecule has 0 bridgehead atoms. The van der Waals surface area contributed by atoms with Crippen molar-refractivity contribution in [2.75, 3.05) is 14.2 Å². The van der Waals surface area contributed by atoms with Crippen molar-refractivity contribution in [3.63, 3.8) is 0 Å². The van der Waals surface area contributed by atoms with E-state index in [4.69, 9.17) is 9.47 Å². The molecule has 0 saturated heterocycles. The number of thiophene rings is 1. The second kappa shape index (κ2) is 8.01. The number of ether oxygens (including phenoxy) is 2. The zero-order valence-electron chi connectivity index (χ0n) is 17.7. The van der Waals surface area contributed by atoms with Crippen LogP contribution >= 0.6 is 11.3 Å². The number of fused-ring (bicyclic) bond motifs is 3. The standard InChI is InChI=1S/C23H23NO5S2/c1-13-7-18-21(8-14(13)2)31(26,27)12-16-9-20(30-22(16)18)23(25)24-11-15-5-6-17(28-3)10-19(15)29-4/h5-10H,11-12H2,1-4H3,(H,24,25). The molecular weight excluding hydrogens is 434 g/mol. The van der Waals surface area contributed by atoms with Crippen molar-refractivity contribution in [3.8, 4) is 21.9 Å². The highest BCUT2D eigenvalue weighted by molar-refractivity contribution is 7.91. The van der Waals surface area contributed by atoms with E-state index in [1.807, 2.05) is 26.0 Å². The van der Waals surface area contributed by atoms with E-state index in [1.165, 1.54) is 11.3 Å². The van der Waals surface area contributed by atoms with Crippen LogP contribution in [-0.4, -0.2) is 28.5 Å². The molecule has 0 fully saturated rings. The first-order valence-corrected chi connectivity index (χ1v) is 12.2. The number of benzene rings is 2. The van der Waals surface area contributed by atoms with E-state index in [1.54, 1.807) is 38.5 Å². The fourth-order valence-corrected chi connectivity index (χ4v) is 6.57. The Morgan fingerprint density at radius 1 is 1.06 bits per heavy atom. The number of hydrogen-bond donors (Lipinski definition) is 1. The molecular formula is C23H23NO5S2. The predicted octanol–water partition coefficient (Wildman–Crippen LogP) is 4.27. The second-order valence-corrected chi connectivity index (χ2v) is 10.5. The van der Waals surface area contributed by atoms with E-state index < -0.39 is 9.84 Å². The lowest BCUT2D eigenvalue weighted by Gasteiger charge is -2.18. The van der Waals surface area contributed by atoms with E-state index in [0.717, 1.165) is 21.6 Å². The summed E-state index contributed by atoms with van der Waals surface area (Å²) in [6.45, 7) is 4.14. The smallest absolute Gasteiger partial charge is 0.261 e. The molecule has 4 rings (SSSR count). The largest absolute Gasteiger partial charge is 0.497 e. The SMILES string of the molecule is COc1ccc(CNC(=O)c2cc3c(s2)-c2cc(C)c(C)cc2S(=O)(=O)C3)c(OC)c1. The Morgan fingerprint density at radius 2 is 1.81 bits per heavy atom. The van der Waals surface area contributed by atoms with Crippen molar-refractivity contribution in [1.29, 1.82) is 0 Å². The van der Waals surface area contributed by atoms with Gasteiger partial charge in [0.2, 0.25) is 0 Å². The third-order valence-corrected chi connectivity index (χ3v) is 8.40. The summed E-state index contributed by atoms with van der Waals surface area (Å²) in [6, 6.07) is 10.7. The number of amides is 1. The molecule has 0 spiro atoms. The van der Waals surface area contributed by atoms with Crippen LogP contribution in [-0.2, 0) is 22.1 Å². The summed E-state index contributed by atoms with van der Waals surface area (Å²) in [5.41, 5.74) is 4.14. The maximum absolute atomic E-state index is 12.8. The number of nitrogens with one attached hydrogen (secondary N) is 1. The van der Waals surface area contributed by atoms with Gasteiger partial charge in [-0.2, -0.15) is 0 Å². The summed E-state index contributed by atoms with van der Waals surface area (Å²) in [6.07, 6.45) is 0. The Morgan fingerprint density at radius 3 is 2.52 bits per heavy atom. The van der Waals surface area contributed by atoms with E-state index in [-0.39, 0.29) is 18.2 Å². The third kappa shape index (κ3) is 3.93. The highest BCUT2D eigenvalue weighted by Crippen LogP contribution is 2.43. The number of aryl methyl sites for hydroxylation is 2. The van der Waals surface area contributed by atoms with Crippen molar-refractivity contribution in [2.45, 2.75) is 31.0 Å². The number of rotatable bonds is 5. The minimum atomic E-state index is -3.43. The number of hydrogen-bond acceptors (Lipinski definition) is 6. The molecule has 6 nitrogen and oxygen atoms in total. The van der Waals surface area contributed by atoms with Gasteiger partial charge in [0.15, 0.2) is 9.84 Å². The van der Waals surface area contributed by atoms with Gasteiger partial charge >= 0.3 is 0 Å². The topological polar surface area (TPSA) is 81.7 Å². The highest BCUT2D eigenvalue weighted by Gasteiger charge is 2.31. The Hall–Kier alpha value is -2.84. The average molecular weight is 458 g/mol. The average Bonchev–Trinajstić information content (AvgIpc) is 3.16.